The molecule has 0 bridgehead atoms. The second kappa shape index (κ2) is 3.77. The molecule has 1 unspecified atom stereocenters. The molecule has 4 nitrogen and oxygen atoms in total. The van der Waals surface area contributed by atoms with Crippen LogP contribution in [0.4, 0.5) is 0 Å². The average molecular weight is 208 g/mol. The zero-order valence-electron chi connectivity index (χ0n) is 8.95. The third-order valence-electron chi connectivity index (χ3n) is 3.13. The predicted octanol–water partition coefficient (Wildman–Crippen LogP) is 0.301. The molecular formula is C11H16N2O2. The van der Waals surface area contributed by atoms with Crippen LogP contribution >= 0.6 is 0 Å². The van der Waals surface area contributed by atoms with Crippen LogP contribution in [0.15, 0.2) is 12.2 Å². The van der Waals surface area contributed by atoms with Gasteiger partial charge in [-0.25, -0.2) is 0 Å². The van der Waals surface area contributed by atoms with Gasteiger partial charge >= 0.3 is 0 Å². The smallest absolute Gasteiger partial charge is 0.253 e. The number of imide groups is 1. The maximum Gasteiger partial charge on any atom is 0.253 e. The van der Waals surface area contributed by atoms with Crippen molar-refractivity contribution in [2.24, 2.45) is 5.41 Å². The lowest BCUT2D eigenvalue weighted by molar-refractivity contribution is -0.138. The fourth-order valence-corrected chi connectivity index (χ4v) is 2.22. The van der Waals surface area contributed by atoms with E-state index in [0.717, 1.165) is 25.9 Å². The quantitative estimate of drug-likeness (QED) is 0.664. The third-order valence-corrected chi connectivity index (χ3v) is 3.13. The number of piperidine rings is 1. The van der Waals surface area contributed by atoms with Crippen LogP contribution in [0.1, 0.15) is 19.8 Å². The van der Waals surface area contributed by atoms with Crippen LogP contribution in [0.3, 0.4) is 0 Å². The zero-order chi connectivity index (χ0) is 10.9. The summed E-state index contributed by atoms with van der Waals surface area (Å²) in [5.41, 5.74) is 0.0373. The Bertz CT molecular complexity index is 299. The number of nitrogens with zero attached hydrogens (tertiary/aromatic N) is 1. The standard InChI is InChI=1S/C11H16N2O2/c1-11(5-2-6-12-7-11)8-13-9(14)3-4-10(13)15/h3-4,12H,2,5-8H2,1H3. The molecule has 2 aliphatic heterocycles. The van der Waals surface area contributed by atoms with Crippen molar-refractivity contribution in [3.05, 3.63) is 12.2 Å². The van der Waals surface area contributed by atoms with Gasteiger partial charge in [0, 0.05) is 25.2 Å². The van der Waals surface area contributed by atoms with Gasteiger partial charge in [0.15, 0.2) is 0 Å². The summed E-state index contributed by atoms with van der Waals surface area (Å²) in [6, 6.07) is 0. The van der Waals surface area contributed by atoms with Crippen LogP contribution < -0.4 is 5.32 Å². The van der Waals surface area contributed by atoms with Gasteiger partial charge in [0.1, 0.15) is 0 Å². The lowest BCUT2D eigenvalue weighted by Crippen LogP contribution is -2.47. The molecule has 0 aromatic heterocycles. The Kier molecular flexibility index (Phi) is 2.61. The Hall–Kier alpha value is -1.16. The topological polar surface area (TPSA) is 49.4 Å². The van der Waals surface area contributed by atoms with Crippen molar-refractivity contribution in [1.82, 2.24) is 10.2 Å². The zero-order valence-corrected chi connectivity index (χ0v) is 8.95. The molecule has 0 radical (unpaired) electrons. The Balaban J connectivity index is 2.01. The molecule has 1 saturated heterocycles. The molecule has 0 saturated carbocycles. The minimum atomic E-state index is -0.174. The summed E-state index contributed by atoms with van der Waals surface area (Å²) in [5, 5.41) is 3.31. The molecule has 4 heteroatoms. The molecule has 1 atom stereocenters. The second-order valence-electron chi connectivity index (χ2n) is 4.69. The number of amides is 2. The van der Waals surface area contributed by atoms with Crippen molar-refractivity contribution in [2.75, 3.05) is 19.6 Å². The summed E-state index contributed by atoms with van der Waals surface area (Å²) >= 11 is 0. The van der Waals surface area contributed by atoms with Gasteiger partial charge in [0.25, 0.3) is 11.8 Å². The van der Waals surface area contributed by atoms with Gasteiger partial charge in [-0.05, 0) is 24.8 Å². The number of carbonyl (C=O) groups is 2. The Morgan fingerprint density at radius 2 is 2.07 bits per heavy atom. The van der Waals surface area contributed by atoms with E-state index in [9.17, 15) is 9.59 Å². The molecule has 0 aromatic carbocycles. The van der Waals surface area contributed by atoms with Gasteiger partial charge in [-0.15, -0.1) is 0 Å². The number of carbonyl (C=O) groups excluding carboxylic acids is 2. The molecular weight excluding hydrogens is 192 g/mol. The number of hydrogen-bond donors (Lipinski definition) is 1. The second-order valence-corrected chi connectivity index (χ2v) is 4.69. The van der Waals surface area contributed by atoms with Crippen LogP contribution in [0.5, 0.6) is 0 Å². The highest BCUT2D eigenvalue weighted by molar-refractivity contribution is 6.12. The largest absolute Gasteiger partial charge is 0.316 e. The SMILES string of the molecule is CC1(CN2C(=O)C=CC2=O)CCCNC1. The summed E-state index contributed by atoms with van der Waals surface area (Å²) in [4.78, 5) is 24.1. The van der Waals surface area contributed by atoms with Gasteiger partial charge in [0.05, 0.1) is 0 Å². The molecule has 1 N–H and O–H groups in total. The van der Waals surface area contributed by atoms with Crippen molar-refractivity contribution < 1.29 is 9.59 Å². The van der Waals surface area contributed by atoms with Crippen molar-refractivity contribution in [1.29, 1.82) is 0 Å². The predicted molar refractivity (Wildman–Crippen MR) is 56.1 cm³/mol. The third kappa shape index (κ3) is 2.09. The lowest BCUT2D eigenvalue weighted by atomic mass is 9.82. The lowest BCUT2D eigenvalue weighted by Gasteiger charge is -2.36. The van der Waals surface area contributed by atoms with E-state index in [-0.39, 0.29) is 17.2 Å². The molecule has 2 aliphatic rings. The van der Waals surface area contributed by atoms with Gasteiger partial charge in [-0.2, -0.15) is 0 Å². The van der Waals surface area contributed by atoms with E-state index in [0.29, 0.717) is 6.54 Å². The van der Waals surface area contributed by atoms with E-state index in [1.54, 1.807) is 0 Å². The molecule has 2 rings (SSSR count). The Morgan fingerprint density at radius 1 is 1.40 bits per heavy atom. The van der Waals surface area contributed by atoms with E-state index in [1.165, 1.54) is 17.1 Å². The van der Waals surface area contributed by atoms with Crippen LogP contribution in [-0.2, 0) is 9.59 Å². The van der Waals surface area contributed by atoms with E-state index >= 15 is 0 Å². The van der Waals surface area contributed by atoms with Crippen molar-refractivity contribution in [2.45, 2.75) is 19.8 Å². The summed E-state index contributed by atoms with van der Waals surface area (Å²) in [7, 11) is 0. The van der Waals surface area contributed by atoms with E-state index in [1.807, 2.05) is 0 Å². The first kappa shape index (κ1) is 10.4. The monoisotopic (exact) mass is 208 g/mol. The number of hydrogen-bond acceptors (Lipinski definition) is 3. The summed E-state index contributed by atoms with van der Waals surface area (Å²) in [6.07, 6.45) is 4.88. The molecule has 0 aromatic rings. The van der Waals surface area contributed by atoms with E-state index in [2.05, 4.69) is 12.2 Å². The highest BCUT2D eigenvalue weighted by Crippen LogP contribution is 2.27. The van der Waals surface area contributed by atoms with Crippen molar-refractivity contribution >= 4 is 11.8 Å². The number of rotatable bonds is 2. The van der Waals surface area contributed by atoms with Gasteiger partial charge < -0.3 is 5.32 Å². The van der Waals surface area contributed by atoms with Crippen LogP contribution in [0.25, 0.3) is 0 Å². The molecule has 0 spiro atoms. The maximum atomic E-state index is 11.4. The normalized spacial score (nSPS) is 31.4. The first-order chi connectivity index (χ1) is 7.11. The highest BCUT2D eigenvalue weighted by atomic mass is 16.2. The Morgan fingerprint density at radius 3 is 2.60 bits per heavy atom. The van der Waals surface area contributed by atoms with Crippen LogP contribution in [0.2, 0.25) is 0 Å². The van der Waals surface area contributed by atoms with Crippen molar-refractivity contribution in [3.8, 4) is 0 Å². The summed E-state index contributed by atoms with van der Waals surface area (Å²) in [5.74, 6) is -0.349. The first-order valence-corrected chi connectivity index (χ1v) is 5.35. The van der Waals surface area contributed by atoms with Crippen LogP contribution in [-0.4, -0.2) is 36.3 Å². The highest BCUT2D eigenvalue weighted by Gasteiger charge is 2.34. The maximum absolute atomic E-state index is 11.4. The van der Waals surface area contributed by atoms with E-state index in [4.69, 9.17) is 0 Å². The van der Waals surface area contributed by atoms with E-state index < -0.39 is 0 Å². The van der Waals surface area contributed by atoms with Gasteiger partial charge in [-0.3, -0.25) is 14.5 Å². The van der Waals surface area contributed by atoms with Gasteiger partial charge in [0.2, 0.25) is 0 Å². The van der Waals surface area contributed by atoms with Crippen LogP contribution in [0, 0.1) is 5.41 Å². The minimum absolute atomic E-state index is 0.0373. The Labute approximate surface area is 89.3 Å². The van der Waals surface area contributed by atoms with Gasteiger partial charge in [-0.1, -0.05) is 6.92 Å². The number of nitrogens with one attached hydrogen (secondary N) is 1. The summed E-state index contributed by atoms with van der Waals surface area (Å²) < 4.78 is 0. The first-order valence-electron chi connectivity index (χ1n) is 5.35. The minimum Gasteiger partial charge on any atom is -0.316 e. The molecule has 2 heterocycles. The fraction of sp³-hybridized carbons (Fsp3) is 0.636. The molecule has 1 fully saturated rings. The summed E-state index contributed by atoms with van der Waals surface area (Å²) in [6.45, 7) is 4.57. The molecule has 15 heavy (non-hydrogen) atoms. The molecule has 82 valence electrons. The average Bonchev–Trinajstić information content (AvgIpc) is 2.50. The molecule has 0 aliphatic carbocycles. The molecule has 2 amide bonds. The fourth-order valence-electron chi connectivity index (χ4n) is 2.22. The van der Waals surface area contributed by atoms with Crippen molar-refractivity contribution in [3.63, 3.8) is 0 Å².